The van der Waals surface area contributed by atoms with E-state index in [9.17, 15) is 4.79 Å². The molecule has 1 aliphatic rings. The quantitative estimate of drug-likeness (QED) is 0.894. The van der Waals surface area contributed by atoms with E-state index < -0.39 is 5.97 Å². The van der Waals surface area contributed by atoms with Gasteiger partial charge in [0.05, 0.1) is 6.54 Å². The number of nitrogens with zero attached hydrogens (tertiary/aromatic N) is 3. The summed E-state index contributed by atoms with van der Waals surface area (Å²) < 4.78 is 0. The minimum absolute atomic E-state index is 0.163. The Labute approximate surface area is 111 Å². The number of thiazole rings is 1. The summed E-state index contributed by atoms with van der Waals surface area (Å²) in [6.07, 6.45) is 2.43. The molecule has 2 rings (SSSR count). The summed E-state index contributed by atoms with van der Waals surface area (Å²) in [6, 6.07) is 0.595. The fraction of sp³-hybridized carbons (Fsp3) is 0.667. The zero-order chi connectivity index (χ0) is 13.1. The summed E-state index contributed by atoms with van der Waals surface area (Å²) in [7, 11) is 4.22. The molecule has 1 aromatic heterocycles. The second-order valence-electron chi connectivity index (χ2n) is 4.93. The molecule has 0 saturated carbocycles. The summed E-state index contributed by atoms with van der Waals surface area (Å²) in [5.74, 6) is -0.942. The van der Waals surface area contributed by atoms with E-state index in [1.165, 1.54) is 24.2 Å². The van der Waals surface area contributed by atoms with Crippen LogP contribution in [0.5, 0.6) is 0 Å². The van der Waals surface area contributed by atoms with Gasteiger partial charge in [-0.25, -0.2) is 9.78 Å². The molecule has 18 heavy (non-hydrogen) atoms. The molecule has 5 nitrogen and oxygen atoms in total. The van der Waals surface area contributed by atoms with Crippen LogP contribution in [-0.2, 0) is 6.54 Å². The van der Waals surface area contributed by atoms with Crippen LogP contribution in [0.1, 0.15) is 28.3 Å². The van der Waals surface area contributed by atoms with Gasteiger partial charge in [0, 0.05) is 18.0 Å². The van der Waals surface area contributed by atoms with Gasteiger partial charge < -0.3 is 10.0 Å². The van der Waals surface area contributed by atoms with Crippen molar-refractivity contribution >= 4 is 17.3 Å². The normalized spacial score (nSPS) is 21.4. The molecule has 0 bridgehead atoms. The van der Waals surface area contributed by atoms with Crippen LogP contribution in [-0.4, -0.2) is 59.1 Å². The number of aromatic carboxylic acids is 1. The van der Waals surface area contributed by atoms with Crippen molar-refractivity contribution in [2.75, 3.05) is 27.2 Å². The first-order valence-electron chi connectivity index (χ1n) is 6.12. The summed E-state index contributed by atoms with van der Waals surface area (Å²) >= 11 is 1.43. The van der Waals surface area contributed by atoms with E-state index in [0.717, 1.165) is 24.6 Å². The number of aromatic nitrogens is 1. The van der Waals surface area contributed by atoms with Gasteiger partial charge in [0.1, 0.15) is 5.01 Å². The number of hydrogen-bond acceptors (Lipinski definition) is 5. The highest BCUT2D eigenvalue weighted by atomic mass is 32.1. The highest BCUT2D eigenvalue weighted by Crippen LogP contribution is 2.18. The topological polar surface area (TPSA) is 56.7 Å². The van der Waals surface area contributed by atoms with Gasteiger partial charge in [0.15, 0.2) is 5.69 Å². The van der Waals surface area contributed by atoms with Crippen molar-refractivity contribution in [2.45, 2.75) is 25.4 Å². The molecule has 1 aromatic rings. The fourth-order valence-corrected chi connectivity index (χ4v) is 3.08. The summed E-state index contributed by atoms with van der Waals surface area (Å²) in [5.41, 5.74) is 0.163. The highest BCUT2D eigenvalue weighted by Gasteiger charge is 2.22. The molecule has 1 aliphatic heterocycles. The van der Waals surface area contributed by atoms with Crippen molar-refractivity contribution < 1.29 is 9.90 Å². The second kappa shape index (κ2) is 5.77. The van der Waals surface area contributed by atoms with Crippen LogP contribution >= 0.6 is 11.3 Å². The zero-order valence-electron chi connectivity index (χ0n) is 10.8. The van der Waals surface area contributed by atoms with Crippen molar-refractivity contribution in [3.63, 3.8) is 0 Å². The van der Waals surface area contributed by atoms with E-state index in [1.807, 2.05) is 0 Å². The number of rotatable bonds is 4. The molecule has 0 aliphatic carbocycles. The number of piperidine rings is 1. The Morgan fingerprint density at radius 2 is 2.44 bits per heavy atom. The van der Waals surface area contributed by atoms with E-state index in [0.29, 0.717) is 6.04 Å². The Morgan fingerprint density at radius 3 is 3.06 bits per heavy atom. The summed E-state index contributed by atoms with van der Waals surface area (Å²) in [5, 5.41) is 11.4. The molecule has 2 heterocycles. The molecular weight excluding hydrogens is 250 g/mol. The molecule has 1 unspecified atom stereocenters. The smallest absolute Gasteiger partial charge is 0.355 e. The van der Waals surface area contributed by atoms with Crippen LogP contribution in [0.25, 0.3) is 0 Å². The molecule has 0 amide bonds. The van der Waals surface area contributed by atoms with Crippen LogP contribution in [0.4, 0.5) is 0 Å². The number of likely N-dealkylation sites (tertiary alicyclic amines) is 1. The van der Waals surface area contributed by atoms with Crippen LogP contribution in [0.2, 0.25) is 0 Å². The van der Waals surface area contributed by atoms with Crippen molar-refractivity contribution in [2.24, 2.45) is 0 Å². The van der Waals surface area contributed by atoms with Gasteiger partial charge in [-0.3, -0.25) is 4.90 Å². The van der Waals surface area contributed by atoms with Crippen molar-refractivity contribution in [1.29, 1.82) is 0 Å². The van der Waals surface area contributed by atoms with Crippen molar-refractivity contribution in [3.05, 3.63) is 16.1 Å². The lowest BCUT2D eigenvalue weighted by atomic mass is 10.1. The minimum atomic E-state index is -0.942. The first-order chi connectivity index (χ1) is 8.56. The maximum atomic E-state index is 10.8. The number of carboxylic acid groups (broad SMARTS) is 1. The number of hydrogen-bond donors (Lipinski definition) is 1. The van der Waals surface area contributed by atoms with Crippen LogP contribution < -0.4 is 0 Å². The lowest BCUT2D eigenvalue weighted by Gasteiger charge is -2.35. The summed E-state index contributed by atoms with van der Waals surface area (Å²) in [6.45, 7) is 2.88. The Hall–Kier alpha value is -0.980. The molecule has 1 N–H and O–H groups in total. The molecular formula is C12H19N3O2S. The summed E-state index contributed by atoms with van der Waals surface area (Å²) in [4.78, 5) is 19.5. The molecule has 1 saturated heterocycles. The molecule has 0 aromatic carbocycles. The molecule has 0 radical (unpaired) electrons. The van der Waals surface area contributed by atoms with Crippen LogP contribution in [0.15, 0.2) is 5.38 Å². The first kappa shape index (κ1) is 13.5. The second-order valence-corrected chi connectivity index (χ2v) is 5.87. The Kier molecular flexibility index (Phi) is 4.31. The SMILES string of the molecule is CN(C)C1CCCN(Cc2nc(C(=O)O)cs2)C1. The van der Waals surface area contributed by atoms with Gasteiger partial charge in [-0.15, -0.1) is 11.3 Å². The van der Waals surface area contributed by atoms with E-state index >= 15 is 0 Å². The maximum Gasteiger partial charge on any atom is 0.355 e. The van der Waals surface area contributed by atoms with E-state index in [1.54, 1.807) is 5.38 Å². The van der Waals surface area contributed by atoms with Gasteiger partial charge in [0.25, 0.3) is 0 Å². The average molecular weight is 269 g/mol. The number of likely N-dealkylation sites (N-methyl/N-ethyl adjacent to an activating group) is 1. The lowest BCUT2D eigenvalue weighted by Crippen LogP contribution is -2.44. The average Bonchev–Trinajstić information content (AvgIpc) is 2.78. The predicted octanol–water partition coefficient (Wildman–Crippen LogP) is 1.37. The van der Waals surface area contributed by atoms with E-state index in [-0.39, 0.29) is 5.69 Å². The Balaban J connectivity index is 1.94. The van der Waals surface area contributed by atoms with Crippen LogP contribution in [0, 0.1) is 0 Å². The third-order valence-electron chi connectivity index (χ3n) is 3.34. The molecule has 100 valence electrons. The Bertz CT molecular complexity index is 419. The van der Waals surface area contributed by atoms with Crippen LogP contribution in [0.3, 0.4) is 0 Å². The molecule has 6 heteroatoms. The van der Waals surface area contributed by atoms with Gasteiger partial charge in [0.2, 0.25) is 0 Å². The zero-order valence-corrected chi connectivity index (χ0v) is 11.6. The van der Waals surface area contributed by atoms with Crippen molar-refractivity contribution in [3.8, 4) is 0 Å². The standard InChI is InChI=1S/C12H19N3O2S/c1-14(2)9-4-3-5-15(6-9)7-11-13-10(8-18-11)12(16)17/h8-9H,3-7H2,1-2H3,(H,16,17). The van der Waals surface area contributed by atoms with Crippen molar-refractivity contribution in [1.82, 2.24) is 14.8 Å². The number of carboxylic acids is 1. The molecule has 1 atom stereocenters. The van der Waals surface area contributed by atoms with Gasteiger partial charge in [-0.2, -0.15) is 0 Å². The maximum absolute atomic E-state index is 10.8. The number of carbonyl (C=O) groups is 1. The predicted molar refractivity (Wildman–Crippen MR) is 71.1 cm³/mol. The molecule has 0 spiro atoms. The minimum Gasteiger partial charge on any atom is -0.476 e. The van der Waals surface area contributed by atoms with Gasteiger partial charge >= 0.3 is 5.97 Å². The van der Waals surface area contributed by atoms with Gasteiger partial charge in [-0.1, -0.05) is 0 Å². The largest absolute Gasteiger partial charge is 0.476 e. The monoisotopic (exact) mass is 269 g/mol. The Morgan fingerprint density at radius 1 is 1.67 bits per heavy atom. The lowest BCUT2D eigenvalue weighted by molar-refractivity contribution is 0.0690. The molecule has 1 fully saturated rings. The van der Waals surface area contributed by atoms with Gasteiger partial charge in [-0.05, 0) is 33.5 Å². The third kappa shape index (κ3) is 3.28. The first-order valence-corrected chi connectivity index (χ1v) is 7.00. The van der Waals surface area contributed by atoms with E-state index in [2.05, 4.69) is 28.9 Å². The van der Waals surface area contributed by atoms with E-state index in [4.69, 9.17) is 5.11 Å². The fourth-order valence-electron chi connectivity index (χ4n) is 2.27. The third-order valence-corrected chi connectivity index (χ3v) is 4.17. The highest BCUT2D eigenvalue weighted by molar-refractivity contribution is 7.09.